The number of fused-ring (bicyclic) bond motifs is 1. The van der Waals surface area contributed by atoms with E-state index in [0.717, 1.165) is 0 Å². The van der Waals surface area contributed by atoms with Crippen molar-refractivity contribution in [1.82, 2.24) is 0 Å². The van der Waals surface area contributed by atoms with Gasteiger partial charge in [-0.2, -0.15) is 0 Å². The van der Waals surface area contributed by atoms with Crippen molar-refractivity contribution in [3.8, 4) is 17.2 Å². The highest BCUT2D eigenvalue weighted by atomic mass is 35.5. The van der Waals surface area contributed by atoms with Crippen molar-refractivity contribution in [2.24, 2.45) is 0 Å². The molecule has 0 saturated heterocycles. The van der Waals surface area contributed by atoms with Crippen molar-refractivity contribution in [1.29, 1.82) is 0 Å². The van der Waals surface area contributed by atoms with E-state index in [2.05, 4.69) is 5.32 Å². The lowest BCUT2D eigenvalue weighted by Crippen LogP contribution is -2.31. The standard InChI is InChI=1S/C19H19ClN2O5/c1-12(23)22(14-4-6-17-18(10-14)27-11-26-17)8-7-19(24)21-13-3-5-16(25-2)15(20)9-13/h3-6,9-10H,7-8,11H2,1-2H3,(H,21,24). The van der Waals surface area contributed by atoms with Crippen LogP contribution in [0.2, 0.25) is 5.02 Å². The molecule has 2 aromatic rings. The summed E-state index contributed by atoms with van der Waals surface area (Å²) in [6.45, 7) is 1.84. The summed E-state index contributed by atoms with van der Waals surface area (Å²) in [5.41, 5.74) is 1.20. The molecule has 0 spiro atoms. The highest BCUT2D eigenvalue weighted by Crippen LogP contribution is 2.35. The maximum atomic E-state index is 12.3. The Bertz CT molecular complexity index is 871. The quantitative estimate of drug-likeness (QED) is 0.817. The van der Waals surface area contributed by atoms with E-state index in [1.807, 2.05) is 0 Å². The first-order valence-electron chi connectivity index (χ1n) is 8.29. The number of anilines is 2. The van der Waals surface area contributed by atoms with E-state index in [-0.39, 0.29) is 31.6 Å². The van der Waals surface area contributed by atoms with E-state index in [1.54, 1.807) is 36.4 Å². The van der Waals surface area contributed by atoms with E-state index in [0.29, 0.717) is 33.6 Å². The van der Waals surface area contributed by atoms with Crippen LogP contribution < -0.4 is 24.4 Å². The van der Waals surface area contributed by atoms with Crippen molar-refractivity contribution < 1.29 is 23.8 Å². The monoisotopic (exact) mass is 390 g/mol. The first-order chi connectivity index (χ1) is 13.0. The van der Waals surface area contributed by atoms with Gasteiger partial charge in [0, 0.05) is 37.3 Å². The molecule has 7 nitrogen and oxygen atoms in total. The molecular weight excluding hydrogens is 372 g/mol. The van der Waals surface area contributed by atoms with Crippen LogP contribution >= 0.6 is 11.6 Å². The number of nitrogens with one attached hydrogen (secondary N) is 1. The van der Waals surface area contributed by atoms with Crippen LogP contribution in [0.25, 0.3) is 0 Å². The zero-order chi connectivity index (χ0) is 19.4. The third-order valence-electron chi connectivity index (χ3n) is 4.05. The summed E-state index contributed by atoms with van der Waals surface area (Å²) in [6.07, 6.45) is 0.123. The van der Waals surface area contributed by atoms with Crippen LogP contribution in [0.15, 0.2) is 36.4 Å². The number of ether oxygens (including phenoxy) is 3. The van der Waals surface area contributed by atoms with E-state index in [4.69, 9.17) is 25.8 Å². The average Bonchev–Trinajstić information content (AvgIpc) is 3.09. The Morgan fingerprint density at radius 1 is 1.19 bits per heavy atom. The van der Waals surface area contributed by atoms with E-state index >= 15 is 0 Å². The first kappa shape index (κ1) is 18.8. The number of benzene rings is 2. The fourth-order valence-electron chi connectivity index (χ4n) is 2.70. The molecule has 0 aliphatic carbocycles. The summed E-state index contributed by atoms with van der Waals surface area (Å²) in [5.74, 6) is 1.34. The van der Waals surface area contributed by atoms with Gasteiger partial charge in [0.1, 0.15) is 5.75 Å². The summed E-state index contributed by atoms with van der Waals surface area (Å²) in [7, 11) is 1.52. The molecular formula is C19H19ClN2O5. The first-order valence-corrected chi connectivity index (χ1v) is 8.67. The van der Waals surface area contributed by atoms with E-state index in [1.165, 1.54) is 18.9 Å². The van der Waals surface area contributed by atoms with Crippen LogP contribution in [-0.4, -0.2) is 32.3 Å². The minimum Gasteiger partial charge on any atom is -0.495 e. The molecule has 0 atom stereocenters. The largest absolute Gasteiger partial charge is 0.495 e. The zero-order valence-corrected chi connectivity index (χ0v) is 15.7. The van der Waals surface area contributed by atoms with Gasteiger partial charge in [0.15, 0.2) is 11.5 Å². The smallest absolute Gasteiger partial charge is 0.231 e. The Labute approximate surface area is 161 Å². The molecule has 0 saturated carbocycles. The lowest BCUT2D eigenvalue weighted by atomic mass is 10.2. The minimum absolute atomic E-state index is 0.123. The highest BCUT2D eigenvalue weighted by molar-refractivity contribution is 6.32. The van der Waals surface area contributed by atoms with Gasteiger partial charge in [0.2, 0.25) is 18.6 Å². The summed E-state index contributed by atoms with van der Waals surface area (Å²) in [6, 6.07) is 10.2. The van der Waals surface area contributed by atoms with Crippen LogP contribution in [0.1, 0.15) is 13.3 Å². The lowest BCUT2D eigenvalue weighted by molar-refractivity contribution is -0.117. The van der Waals surface area contributed by atoms with Gasteiger partial charge in [0.05, 0.1) is 12.1 Å². The molecule has 1 aliphatic rings. The molecule has 1 aliphatic heterocycles. The number of hydrogen-bond acceptors (Lipinski definition) is 5. The predicted molar refractivity (Wildman–Crippen MR) is 102 cm³/mol. The van der Waals surface area contributed by atoms with Gasteiger partial charge >= 0.3 is 0 Å². The molecule has 2 amide bonds. The normalized spacial score (nSPS) is 11.8. The highest BCUT2D eigenvalue weighted by Gasteiger charge is 2.19. The second-order valence-electron chi connectivity index (χ2n) is 5.86. The van der Waals surface area contributed by atoms with Crippen LogP contribution in [0.3, 0.4) is 0 Å². The SMILES string of the molecule is COc1ccc(NC(=O)CCN(C(C)=O)c2ccc3c(c2)OCO3)cc1Cl. The molecule has 8 heteroatoms. The molecule has 1 heterocycles. The number of halogens is 1. The van der Waals surface area contributed by atoms with Crippen LogP contribution in [0.5, 0.6) is 17.2 Å². The second-order valence-corrected chi connectivity index (χ2v) is 6.26. The third-order valence-corrected chi connectivity index (χ3v) is 4.34. The van der Waals surface area contributed by atoms with Crippen molar-refractivity contribution in [2.45, 2.75) is 13.3 Å². The summed E-state index contributed by atoms with van der Waals surface area (Å²) in [4.78, 5) is 25.8. The van der Waals surface area contributed by atoms with Crippen molar-refractivity contribution in [3.63, 3.8) is 0 Å². The molecule has 2 aromatic carbocycles. The molecule has 0 radical (unpaired) electrons. The van der Waals surface area contributed by atoms with Gasteiger partial charge < -0.3 is 24.4 Å². The second kappa shape index (κ2) is 8.18. The Hall–Kier alpha value is -2.93. The van der Waals surface area contributed by atoms with Gasteiger partial charge in [-0.3, -0.25) is 9.59 Å². The summed E-state index contributed by atoms with van der Waals surface area (Å²) in [5, 5.41) is 3.16. The Balaban J connectivity index is 1.63. The average molecular weight is 391 g/mol. The van der Waals surface area contributed by atoms with Crippen molar-refractivity contribution >= 4 is 34.8 Å². The minimum atomic E-state index is -0.233. The number of rotatable bonds is 6. The number of amides is 2. The number of carbonyl (C=O) groups excluding carboxylic acids is 2. The molecule has 0 fully saturated rings. The Kier molecular flexibility index (Phi) is 5.71. The molecule has 0 bridgehead atoms. The number of hydrogen-bond donors (Lipinski definition) is 1. The Morgan fingerprint density at radius 3 is 2.67 bits per heavy atom. The van der Waals surface area contributed by atoms with Gasteiger partial charge in [-0.25, -0.2) is 0 Å². The number of methoxy groups -OCH3 is 1. The van der Waals surface area contributed by atoms with Crippen LogP contribution in [0, 0.1) is 0 Å². The summed E-state index contributed by atoms with van der Waals surface area (Å²) >= 11 is 6.06. The maximum absolute atomic E-state index is 12.3. The Morgan fingerprint density at radius 2 is 1.96 bits per heavy atom. The zero-order valence-electron chi connectivity index (χ0n) is 15.0. The van der Waals surface area contributed by atoms with Gasteiger partial charge in [-0.05, 0) is 30.3 Å². The van der Waals surface area contributed by atoms with Crippen LogP contribution in [0.4, 0.5) is 11.4 Å². The molecule has 1 N–H and O–H groups in total. The van der Waals surface area contributed by atoms with E-state index < -0.39 is 0 Å². The fraction of sp³-hybridized carbons (Fsp3) is 0.263. The van der Waals surface area contributed by atoms with Gasteiger partial charge in [-0.1, -0.05) is 11.6 Å². The maximum Gasteiger partial charge on any atom is 0.231 e. The fourth-order valence-corrected chi connectivity index (χ4v) is 2.96. The summed E-state index contributed by atoms with van der Waals surface area (Å²) < 4.78 is 15.7. The van der Waals surface area contributed by atoms with Crippen molar-refractivity contribution in [2.75, 3.05) is 30.7 Å². The van der Waals surface area contributed by atoms with Crippen molar-refractivity contribution in [3.05, 3.63) is 41.4 Å². The molecule has 142 valence electrons. The number of carbonyl (C=O) groups is 2. The number of nitrogens with zero attached hydrogens (tertiary/aromatic N) is 1. The molecule has 0 aromatic heterocycles. The van der Waals surface area contributed by atoms with Gasteiger partial charge in [0.25, 0.3) is 0 Å². The molecule has 3 rings (SSSR count). The molecule has 0 unspecified atom stereocenters. The molecule has 27 heavy (non-hydrogen) atoms. The predicted octanol–water partition coefficient (Wildman–Crippen LogP) is 3.46. The van der Waals surface area contributed by atoms with E-state index in [9.17, 15) is 9.59 Å². The van der Waals surface area contributed by atoms with Crippen LogP contribution in [-0.2, 0) is 9.59 Å². The van der Waals surface area contributed by atoms with Gasteiger partial charge in [-0.15, -0.1) is 0 Å². The topological polar surface area (TPSA) is 77.1 Å². The third kappa shape index (κ3) is 4.43. The lowest BCUT2D eigenvalue weighted by Gasteiger charge is -2.21.